The van der Waals surface area contributed by atoms with Gasteiger partial charge in [-0.1, -0.05) is 29.8 Å². The van der Waals surface area contributed by atoms with Crippen molar-refractivity contribution in [1.29, 1.82) is 0 Å². The van der Waals surface area contributed by atoms with Crippen LogP contribution in [0.25, 0.3) is 0 Å². The molecule has 7 heteroatoms. The molecule has 2 aliphatic rings. The van der Waals surface area contributed by atoms with Crippen molar-refractivity contribution in [2.24, 2.45) is 23.2 Å². The van der Waals surface area contributed by atoms with Gasteiger partial charge < -0.3 is 9.84 Å². The molecule has 0 aromatic heterocycles. The lowest BCUT2D eigenvalue weighted by Gasteiger charge is -2.33. The van der Waals surface area contributed by atoms with E-state index in [-0.39, 0.29) is 18.4 Å². The molecule has 2 bridgehead atoms. The van der Waals surface area contributed by atoms with Crippen LogP contribution in [0, 0.1) is 30.1 Å². The Labute approximate surface area is 151 Å². The van der Waals surface area contributed by atoms with Gasteiger partial charge in [-0.3, -0.25) is 25.2 Å². The Morgan fingerprint density at radius 2 is 1.88 bits per heavy atom. The van der Waals surface area contributed by atoms with Crippen molar-refractivity contribution in [3.63, 3.8) is 0 Å². The summed E-state index contributed by atoms with van der Waals surface area (Å²) in [5, 5.41) is 9.60. The van der Waals surface area contributed by atoms with Gasteiger partial charge in [-0.2, -0.15) is 0 Å². The first-order valence-corrected chi connectivity index (χ1v) is 8.52. The largest absolute Gasteiger partial charge is 0.484 e. The second-order valence-electron chi connectivity index (χ2n) is 7.10. The minimum atomic E-state index is -1.16. The van der Waals surface area contributed by atoms with Crippen molar-refractivity contribution >= 4 is 17.8 Å². The molecule has 2 aliphatic carbocycles. The zero-order chi connectivity index (χ0) is 18.9. The number of hydrazine groups is 1. The van der Waals surface area contributed by atoms with Crippen LogP contribution in [-0.4, -0.2) is 29.5 Å². The molecule has 26 heavy (non-hydrogen) atoms. The standard InChI is InChI=1S/C19H22N2O5/c1-11-3-7-14(8-4-11)26-10-15(22)20-21-17(23)16-12-5-6-13(9-12)19(16,2)18(24)25/h3-8,12-13,16H,9-10H2,1-2H3,(H,20,22)(H,21,23)(H,24,25)/t12-,13-,16+,19+/m0/s1. The lowest BCUT2D eigenvalue weighted by atomic mass is 9.69. The van der Waals surface area contributed by atoms with E-state index < -0.39 is 29.1 Å². The molecule has 7 nitrogen and oxygen atoms in total. The van der Waals surface area contributed by atoms with Crippen molar-refractivity contribution < 1.29 is 24.2 Å². The van der Waals surface area contributed by atoms with Crippen molar-refractivity contribution in [3.05, 3.63) is 42.0 Å². The average molecular weight is 358 g/mol. The zero-order valence-electron chi connectivity index (χ0n) is 14.7. The molecule has 1 fully saturated rings. The molecule has 2 amide bonds. The summed E-state index contributed by atoms with van der Waals surface area (Å²) in [4.78, 5) is 36.1. The molecule has 0 spiro atoms. The molecule has 0 radical (unpaired) electrons. The predicted octanol–water partition coefficient (Wildman–Crippen LogP) is 1.43. The fraction of sp³-hybridized carbons (Fsp3) is 0.421. The summed E-state index contributed by atoms with van der Waals surface area (Å²) in [5.41, 5.74) is 4.56. The van der Waals surface area contributed by atoms with Crippen LogP contribution < -0.4 is 15.6 Å². The number of aryl methyl sites for hydroxylation is 1. The average Bonchev–Trinajstić information content (AvgIpc) is 3.19. The molecule has 3 N–H and O–H groups in total. The van der Waals surface area contributed by atoms with Gasteiger partial charge in [-0.05, 0) is 44.2 Å². The Bertz CT molecular complexity index is 758. The Morgan fingerprint density at radius 1 is 1.19 bits per heavy atom. The molecule has 1 aromatic carbocycles. The second kappa shape index (κ2) is 6.82. The first-order chi connectivity index (χ1) is 12.3. The van der Waals surface area contributed by atoms with Crippen LogP contribution in [0.15, 0.2) is 36.4 Å². The molecule has 1 aromatic rings. The summed E-state index contributed by atoms with van der Waals surface area (Å²) >= 11 is 0. The first-order valence-electron chi connectivity index (χ1n) is 8.52. The number of ether oxygens (including phenoxy) is 1. The number of carboxylic acids is 1. The van der Waals surface area contributed by atoms with E-state index in [1.54, 1.807) is 19.1 Å². The van der Waals surface area contributed by atoms with E-state index in [4.69, 9.17) is 4.74 Å². The van der Waals surface area contributed by atoms with E-state index in [9.17, 15) is 19.5 Å². The van der Waals surface area contributed by atoms with Crippen LogP contribution in [0.5, 0.6) is 5.75 Å². The predicted molar refractivity (Wildman–Crippen MR) is 92.9 cm³/mol. The highest BCUT2D eigenvalue weighted by Gasteiger charge is 2.60. The SMILES string of the molecule is Cc1ccc(OCC(=O)NNC(=O)[C@H]2[C@H]3C=C[C@@H](C3)[C@@]2(C)C(=O)O)cc1. The molecule has 0 aliphatic heterocycles. The number of carbonyl (C=O) groups excluding carboxylic acids is 2. The number of allylic oxidation sites excluding steroid dienone is 2. The summed E-state index contributed by atoms with van der Waals surface area (Å²) in [7, 11) is 0. The maximum atomic E-state index is 12.5. The maximum Gasteiger partial charge on any atom is 0.310 e. The molecule has 1 saturated carbocycles. The summed E-state index contributed by atoms with van der Waals surface area (Å²) in [6.07, 6.45) is 4.41. The number of hydrogen-bond acceptors (Lipinski definition) is 4. The molecule has 3 rings (SSSR count). The summed E-state index contributed by atoms with van der Waals surface area (Å²) in [5.74, 6) is -2.46. The van der Waals surface area contributed by atoms with Crippen LogP contribution in [0.3, 0.4) is 0 Å². The van der Waals surface area contributed by atoms with Gasteiger partial charge in [0.1, 0.15) is 5.75 Å². The van der Waals surface area contributed by atoms with E-state index in [2.05, 4.69) is 10.9 Å². The molecule has 4 atom stereocenters. The van der Waals surface area contributed by atoms with E-state index in [0.717, 1.165) is 5.56 Å². The van der Waals surface area contributed by atoms with Crippen LogP contribution in [0.1, 0.15) is 18.9 Å². The Hall–Kier alpha value is -2.83. The zero-order valence-corrected chi connectivity index (χ0v) is 14.7. The fourth-order valence-electron chi connectivity index (χ4n) is 3.88. The molecule has 0 saturated heterocycles. The quantitative estimate of drug-likeness (QED) is 0.546. The van der Waals surface area contributed by atoms with E-state index in [1.807, 2.05) is 31.2 Å². The molecule has 0 unspecified atom stereocenters. The highest BCUT2D eigenvalue weighted by Crippen LogP contribution is 2.56. The van der Waals surface area contributed by atoms with Crippen LogP contribution >= 0.6 is 0 Å². The number of aliphatic carboxylic acids is 1. The first kappa shape index (κ1) is 18.0. The van der Waals surface area contributed by atoms with Crippen molar-refractivity contribution in [2.75, 3.05) is 6.61 Å². The number of carbonyl (C=O) groups is 3. The Balaban J connectivity index is 1.53. The van der Waals surface area contributed by atoms with Gasteiger partial charge in [0.15, 0.2) is 6.61 Å². The lowest BCUT2D eigenvalue weighted by molar-refractivity contribution is -0.156. The van der Waals surface area contributed by atoms with Gasteiger partial charge in [-0.15, -0.1) is 0 Å². The third kappa shape index (κ3) is 3.16. The number of nitrogens with one attached hydrogen (secondary N) is 2. The molecular weight excluding hydrogens is 336 g/mol. The minimum absolute atomic E-state index is 0.123. The second-order valence-corrected chi connectivity index (χ2v) is 7.10. The van der Waals surface area contributed by atoms with E-state index >= 15 is 0 Å². The van der Waals surface area contributed by atoms with Crippen LogP contribution in [0.4, 0.5) is 0 Å². The summed E-state index contributed by atoms with van der Waals surface area (Å²) in [6, 6.07) is 7.23. The van der Waals surface area contributed by atoms with Crippen molar-refractivity contribution in [1.82, 2.24) is 10.9 Å². The van der Waals surface area contributed by atoms with Gasteiger partial charge in [0.2, 0.25) is 5.91 Å². The summed E-state index contributed by atoms with van der Waals surface area (Å²) in [6.45, 7) is 3.29. The number of rotatable bonds is 5. The van der Waals surface area contributed by atoms with Gasteiger partial charge in [-0.25, -0.2) is 0 Å². The topological polar surface area (TPSA) is 105 Å². The van der Waals surface area contributed by atoms with E-state index in [1.165, 1.54) is 0 Å². The summed E-state index contributed by atoms with van der Waals surface area (Å²) < 4.78 is 5.34. The Morgan fingerprint density at radius 3 is 2.54 bits per heavy atom. The van der Waals surface area contributed by atoms with E-state index in [0.29, 0.717) is 12.2 Å². The molecular formula is C19H22N2O5. The smallest absolute Gasteiger partial charge is 0.310 e. The Kier molecular flexibility index (Phi) is 4.71. The number of fused-ring (bicyclic) bond motifs is 2. The number of hydrogen-bond donors (Lipinski definition) is 3. The number of amides is 2. The normalized spacial score (nSPS) is 28.6. The highest BCUT2D eigenvalue weighted by molar-refractivity contribution is 5.90. The fourth-order valence-corrected chi connectivity index (χ4v) is 3.88. The minimum Gasteiger partial charge on any atom is -0.484 e. The van der Waals surface area contributed by atoms with Gasteiger partial charge in [0.05, 0.1) is 11.3 Å². The molecule has 0 heterocycles. The monoisotopic (exact) mass is 358 g/mol. The van der Waals surface area contributed by atoms with Gasteiger partial charge in [0, 0.05) is 0 Å². The lowest BCUT2D eigenvalue weighted by Crippen LogP contribution is -2.52. The number of carboxylic acid groups (broad SMARTS) is 1. The highest BCUT2D eigenvalue weighted by atomic mass is 16.5. The van der Waals surface area contributed by atoms with Gasteiger partial charge in [0.25, 0.3) is 5.91 Å². The third-order valence-electron chi connectivity index (χ3n) is 5.42. The maximum absolute atomic E-state index is 12.5. The third-order valence-corrected chi connectivity index (χ3v) is 5.42. The van der Waals surface area contributed by atoms with Crippen LogP contribution in [-0.2, 0) is 14.4 Å². The number of benzene rings is 1. The van der Waals surface area contributed by atoms with Crippen LogP contribution in [0.2, 0.25) is 0 Å². The van der Waals surface area contributed by atoms with Crippen molar-refractivity contribution in [3.8, 4) is 5.75 Å². The van der Waals surface area contributed by atoms with Crippen molar-refractivity contribution in [2.45, 2.75) is 20.3 Å². The van der Waals surface area contributed by atoms with Gasteiger partial charge >= 0.3 is 5.97 Å². The molecule has 138 valence electrons.